The summed E-state index contributed by atoms with van der Waals surface area (Å²) in [7, 11) is 0. The third-order valence-electron chi connectivity index (χ3n) is 8.03. The number of benzene rings is 2. The number of aliphatic hydroxyl groups excluding tert-OH is 1. The quantitative estimate of drug-likeness (QED) is 0.568. The Hall–Kier alpha value is -3.03. The van der Waals surface area contributed by atoms with Gasteiger partial charge in [0.2, 0.25) is 0 Å². The van der Waals surface area contributed by atoms with Crippen LogP contribution >= 0.6 is 0 Å². The molecule has 1 aromatic heterocycles. The Bertz CT molecular complexity index is 1190. The Kier molecular flexibility index (Phi) is 7.21. The standard InChI is InChI=1S/C29H35FN4O2/c1-20-18-33(16-13-28(20)35)24-11-14-32(15-12-24)29(36)27-17-31-19-34(27)21(2)25-5-3-4-6-26(25)22-7-9-23(30)10-8-22/h3-10,17,19-21,24,28,35H,11-16,18H2,1-2H3/t20-,21+,28-/m1/s1. The normalized spacial score (nSPS) is 22.5. The highest BCUT2D eigenvalue weighted by Crippen LogP contribution is 2.32. The lowest BCUT2D eigenvalue weighted by molar-refractivity contribution is 0.00349. The molecule has 1 amide bonds. The molecule has 0 radical (unpaired) electrons. The molecule has 0 spiro atoms. The van der Waals surface area contributed by atoms with E-state index >= 15 is 0 Å². The average molecular weight is 491 g/mol. The van der Waals surface area contributed by atoms with Crippen molar-refractivity contribution in [1.82, 2.24) is 19.4 Å². The molecule has 5 rings (SSSR count). The van der Waals surface area contributed by atoms with E-state index in [2.05, 4.69) is 29.8 Å². The zero-order valence-electron chi connectivity index (χ0n) is 21.1. The summed E-state index contributed by atoms with van der Waals surface area (Å²) in [5, 5.41) is 10.1. The molecule has 2 aliphatic heterocycles. The molecule has 190 valence electrons. The van der Waals surface area contributed by atoms with Crippen molar-refractivity contribution in [2.24, 2.45) is 5.92 Å². The number of rotatable bonds is 5. The smallest absolute Gasteiger partial charge is 0.272 e. The maximum absolute atomic E-state index is 13.6. The number of amides is 1. The second-order valence-electron chi connectivity index (χ2n) is 10.3. The fourth-order valence-electron chi connectivity index (χ4n) is 5.78. The summed E-state index contributed by atoms with van der Waals surface area (Å²) in [4.78, 5) is 22.3. The number of nitrogens with zero attached hydrogens (tertiary/aromatic N) is 4. The molecule has 3 aromatic rings. The first kappa shape index (κ1) is 24.7. The zero-order chi connectivity index (χ0) is 25.2. The van der Waals surface area contributed by atoms with Crippen LogP contribution in [-0.2, 0) is 0 Å². The molecule has 2 aromatic carbocycles. The molecular weight excluding hydrogens is 455 g/mol. The predicted octanol–water partition coefficient (Wildman–Crippen LogP) is 4.61. The van der Waals surface area contributed by atoms with Crippen LogP contribution in [0.4, 0.5) is 4.39 Å². The maximum atomic E-state index is 13.6. The van der Waals surface area contributed by atoms with E-state index in [4.69, 9.17) is 0 Å². The minimum absolute atomic E-state index is 0.0134. The Balaban J connectivity index is 1.30. The number of imidazole rings is 1. The first-order chi connectivity index (χ1) is 17.4. The summed E-state index contributed by atoms with van der Waals surface area (Å²) in [5.74, 6) is 0.0504. The lowest BCUT2D eigenvalue weighted by atomic mass is 9.93. The first-order valence-electron chi connectivity index (χ1n) is 13.0. The van der Waals surface area contributed by atoms with E-state index in [0.717, 1.165) is 62.1 Å². The van der Waals surface area contributed by atoms with Crippen LogP contribution in [0.2, 0.25) is 0 Å². The summed E-state index contributed by atoms with van der Waals surface area (Å²) in [6.45, 7) is 7.50. The second kappa shape index (κ2) is 10.5. The lowest BCUT2D eigenvalue weighted by Gasteiger charge is -2.43. The third kappa shape index (κ3) is 4.95. The SMILES string of the molecule is C[C@@H]1CN(C2CCN(C(=O)c3cncn3[C@@H](C)c3ccccc3-c3ccc(F)cc3)CC2)CC[C@H]1O. The summed E-state index contributed by atoms with van der Waals surface area (Å²) >= 11 is 0. The van der Waals surface area contributed by atoms with Crippen molar-refractivity contribution in [2.45, 2.75) is 51.3 Å². The highest BCUT2D eigenvalue weighted by atomic mass is 19.1. The summed E-state index contributed by atoms with van der Waals surface area (Å²) in [6, 6.07) is 14.9. The van der Waals surface area contributed by atoms with Gasteiger partial charge in [-0.1, -0.05) is 43.3 Å². The number of likely N-dealkylation sites (tertiary alicyclic amines) is 2. The Morgan fingerprint density at radius 2 is 1.78 bits per heavy atom. The molecule has 36 heavy (non-hydrogen) atoms. The van der Waals surface area contributed by atoms with Gasteiger partial charge in [0.1, 0.15) is 11.5 Å². The highest BCUT2D eigenvalue weighted by Gasteiger charge is 2.33. The van der Waals surface area contributed by atoms with Gasteiger partial charge < -0.3 is 14.6 Å². The third-order valence-corrected chi connectivity index (χ3v) is 8.03. The van der Waals surface area contributed by atoms with E-state index in [1.807, 2.05) is 27.7 Å². The zero-order valence-corrected chi connectivity index (χ0v) is 21.1. The van der Waals surface area contributed by atoms with Gasteiger partial charge in [-0.25, -0.2) is 9.37 Å². The van der Waals surface area contributed by atoms with Gasteiger partial charge in [0.05, 0.1) is 24.7 Å². The van der Waals surface area contributed by atoms with Crippen molar-refractivity contribution in [2.75, 3.05) is 26.2 Å². The van der Waals surface area contributed by atoms with Gasteiger partial charge >= 0.3 is 0 Å². The lowest BCUT2D eigenvalue weighted by Crippen LogP contribution is -2.51. The van der Waals surface area contributed by atoms with Crippen molar-refractivity contribution in [1.29, 1.82) is 0 Å². The molecule has 1 N–H and O–H groups in total. The van der Waals surface area contributed by atoms with E-state index in [1.54, 1.807) is 24.7 Å². The van der Waals surface area contributed by atoms with E-state index in [-0.39, 0.29) is 23.9 Å². The fourth-order valence-corrected chi connectivity index (χ4v) is 5.78. The molecule has 6 nitrogen and oxygen atoms in total. The summed E-state index contributed by atoms with van der Waals surface area (Å²) < 4.78 is 15.4. The van der Waals surface area contributed by atoms with Crippen LogP contribution in [0.25, 0.3) is 11.1 Å². The molecular formula is C29H35FN4O2. The fraction of sp³-hybridized carbons (Fsp3) is 0.448. The predicted molar refractivity (Wildman–Crippen MR) is 138 cm³/mol. The van der Waals surface area contributed by atoms with Crippen LogP contribution < -0.4 is 0 Å². The molecule has 2 saturated heterocycles. The molecule has 0 unspecified atom stereocenters. The molecule has 3 heterocycles. The first-order valence-corrected chi connectivity index (χ1v) is 13.0. The molecule has 0 saturated carbocycles. The van der Waals surface area contributed by atoms with Gasteiger partial charge in [-0.3, -0.25) is 9.69 Å². The van der Waals surface area contributed by atoms with Crippen molar-refractivity contribution >= 4 is 5.91 Å². The molecule has 0 bridgehead atoms. The number of piperidine rings is 2. The Morgan fingerprint density at radius 1 is 1.06 bits per heavy atom. The largest absolute Gasteiger partial charge is 0.393 e. The van der Waals surface area contributed by atoms with Crippen LogP contribution in [0.3, 0.4) is 0 Å². The Labute approximate surface area is 212 Å². The number of carbonyl (C=O) groups is 1. The number of halogens is 1. The van der Waals surface area contributed by atoms with Crippen LogP contribution in [0.5, 0.6) is 0 Å². The molecule has 7 heteroatoms. The van der Waals surface area contributed by atoms with Gasteiger partial charge in [-0.05, 0) is 60.9 Å². The van der Waals surface area contributed by atoms with Gasteiger partial charge in [0.15, 0.2) is 0 Å². The van der Waals surface area contributed by atoms with Crippen molar-refractivity contribution in [3.05, 3.63) is 78.1 Å². The summed E-state index contributed by atoms with van der Waals surface area (Å²) in [5.41, 5.74) is 3.59. The van der Waals surface area contributed by atoms with Crippen LogP contribution in [-0.4, -0.2) is 68.7 Å². The number of carbonyl (C=O) groups excluding carboxylic acids is 1. The van der Waals surface area contributed by atoms with Crippen LogP contribution in [0.15, 0.2) is 61.1 Å². The van der Waals surface area contributed by atoms with Gasteiger partial charge in [-0.15, -0.1) is 0 Å². The van der Waals surface area contributed by atoms with E-state index in [1.165, 1.54) is 12.1 Å². The van der Waals surface area contributed by atoms with Crippen LogP contribution in [0.1, 0.15) is 55.2 Å². The average Bonchev–Trinajstić information content (AvgIpc) is 3.40. The molecule has 0 aliphatic carbocycles. The van der Waals surface area contributed by atoms with Crippen molar-refractivity contribution in [3.8, 4) is 11.1 Å². The van der Waals surface area contributed by atoms with Gasteiger partial charge in [0, 0.05) is 32.2 Å². The maximum Gasteiger partial charge on any atom is 0.272 e. The Morgan fingerprint density at radius 3 is 2.50 bits per heavy atom. The minimum Gasteiger partial charge on any atom is -0.393 e. The molecule has 3 atom stereocenters. The number of aliphatic hydroxyl groups is 1. The minimum atomic E-state index is -0.261. The number of aromatic nitrogens is 2. The van der Waals surface area contributed by atoms with Gasteiger partial charge in [0.25, 0.3) is 5.91 Å². The number of hydrogen-bond acceptors (Lipinski definition) is 4. The van der Waals surface area contributed by atoms with Crippen LogP contribution in [0, 0.1) is 11.7 Å². The van der Waals surface area contributed by atoms with E-state index in [9.17, 15) is 14.3 Å². The van der Waals surface area contributed by atoms with Crippen molar-refractivity contribution in [3.63, 3.8) is 0 Å². The topological polar surface area (TPSA) is 61.6 Å². The molecule has 2 fully saturated rings. The van der Waals surface area contributed by atoms with E-state index < -0.39 is 0 Å². The summed E-state index contributed by atoms with van der Waals surface area (Å²) in [6.07, 6.45) is 5.93. The van der Waals surface area contributed by atoms with E-state index in [0.29, 0.717) is 17.7 Å². The highest BCUT2D eigenvalue weighted by molar-refractivity contribution is 5.92. The molecule has 2 aliphatic rings. The number of hydrogen-bond donors (Lipinski definition) is 1. The second-order valence-corrected chi connectivity index (χ2v) is 10.3. The van der Waals surface area contributed by atoms with Crippen molar-refractivity contribution < 1.29 is 14.3 Å². The van der Waals surface area contributed by atoms with Gasteiger partial charge in [-0.2, -0.15) is 0 Å². The monoisotopic (exact) mass is 490 g/mol.